The highest BCUT2D eigenvalue weighted by molar-refractivity contribution is 5.91. The number of hydrogen-bond acceptors (Lipinski definition) is 1. The van der Waals surface area contributed by atoms with E-state index in [0.717, 1.165) is 19.5 Å². The fourth-order valence-corrected chi connectivity index (χ4v) is 2.86. The van der Waals surface area contributed by atoms with Crippen LogP contribution >= 0.6 is 0 Å². The second-order valence-electron chi connectivity index (χ2n) is 5.15. The topological polar surface area (TPSA) is 17.0 Å². The first-order valence-electron chi connectivity index (χ1n) is 6.82. The number of nitrogens with zero attached hydrogens (tertiary/aromatic N) is 1. The predicted molar refractivity (Wildman–Crippen MR) is 79.4 cm³/mol. The molecule has 0 bridgehead atoms. The van der Waals surface area contributed by atoms with Gasteiger partial charge in [0.1, 0.15) is 0 Å². The summed E-state index contributed by atoms with van der Waals surface area (Å²) in [6.07, 6.45) is 1.11. The maximum absolute atomic E-state index is 3.42. The number of aryl methyl sites for hydroxylation is 3. The summed E-state index contributed by atoms with van der Waals surface area (Å²) in [5, 5.41) is 4.89. The number of rotatable bonds is 4. The highest BCUT2D eigenvalue weighted by atomic mass is 14.9. The average Bonchev–Trinajstić information content (AvgIpc) is 2.60. The van der Waals surface area contributed by atoms with Crippen molar-refractivity contribution < 1.29 is 0 Å². The fraction of sp³-hybridized carbons (Fsp3) is 0.500. The molecule has 2 heteroatoms. The van der Waals surface area contributed by atoms with Crippen molar-refractivity contribution in [3.05, 3.63) is 34.5 Å². The lowest BCUT2D eigenvalue weighted by molar-refractivity contribution is 0.714. The van der Waals surface area contributed by atoms with E-state index in [1.54, 1.807) is 0 Å². The SMILES string of the molecule is CCNCCc1c(C)n(C)c2c(C)ccc(C)c12. The Morgan fingerprint density at radius 3 is 2.44 bits per heavy atom. The molecule has 0 aliphatic rings. The Labute approximate surface area is 110 Å². The van der Waals surface area contributed by atoms with E-state index in [1.165, 1.54) is 33.3 Å². The lowest BCUT2D eigenvalue weighted by Crippen LogP contribution is -2.16. The van der Waals surface area contributed by atoms with Gasteiger partial charge in [-0.15, -0.1) is 0 Å². The van der Waals surface area contributed by atoms with Crippen LogP contribution in [0.15, 0.2) is 12.1 Å². The molecule has 0 unspecified atom stereocenters. The zero-order valence-electron chi connectivity index (χ0n) is 12.2. The third-order valence-electron chi connectivity index (χ3n) is 3.97. The quantitative estimate of drug-likeness (QED) is 0.817. The molecular formula is C16H24N2. The molecule has 98 valence electrons. The first-order chi connectivity index (χ1) is 8.57. The van der Waals surface area contributed by atoms with Gasteiger partial charge in [0.15, 0.2) is 0 Å². The van der Waals surface area contributed by atoms with Crippen LogP contribution in [-0.4, -0.2) is 17.7 Å². The van der Waals surface area contributed by atoms with E-state index in [1.807, 2.05) is 0 Å². The number of nitrogens with one attached hydrogen (secondary N) is 1. The van der Waals surface area contributed by atoms with Crippen molar-refractivity contribution >= 4 is 10.9 Å². The second kappa shape index (κ2) is 5.15. The predicted octanol–water partition coefficient (Wildman–Crippen LogP) is 3.26. The normalized spacial score (nSPS) is 11.4. The standard InChI is InChI=1S/C16H24N2/c1-6-17-10-9-14-13(4)18(5)16-12(3)8-7-11(2)15(14)16/h7-8,17H,6,9-10H2,1-5H3. The Balaban J connectivity index is 2.58. The van der Waals surface area contributed by atoms with Gasteiger partial charge in [-0.25, -0.2) is 0 Å². The van der Waals surface area contributed by atoms with Crippen molar-refractivity contribution in [1.29, 1.82) is 0 Å². The highest BCUT2D eigenvalue weighted by Crippen LogP contribution is 2.30. The van der Waals surface area contributed by atoms with Crippen LogP contribution in [0, 0.1) is 20.8 Å². The molecule has 0 amide bonds. The lowest BCUT2D eigenvalue weighted by Gasteiger charge is -2.05. The van der Waals surface area contributed by atoms with Crippen molar-refractivity contribution in [2.45, 2.75) is 34.1 Å². The van der Waals surface area contributed by atoms with Gasteiger partial charge in [0.05, 0.1) is 5.52 Å². The van der Waals surface area contributed by atoms with Crippen LogP contribution in [0.4, 0.5) is 0 Å². The van der Waals surface area contributed by atoms with Crippen LogP contribution in [0.1, 0.15) is 29.3 Å². The first-order valence-corrected chi connectivity index (χ1v) is 6.82. The van der Waals surface area contributed by atoms with Crippen molar-refractivity contribution in [3.8, 4) is 0 Å². The average molecular weight is 244 g/mol. The van der Waals surface area contributed by atoms with E-state index >= 15 is 0 Å². The van der Waals surface area contributed by atoms with Gasteiger partial charge in [-0.1, -0.05) is 19.1 Å². The van der Waals surface area contributed by atoms with E-state index in [4.69, 9.17) is 0 Å². The zero-order chi connectivity index (χ0) is 13.3. The van der Waals surface area contributed by atoms with Crippen LogP contribution in [0.3, 0.4) is 0 Å². The van der Waals surface area contributed by atoms with E-state index in [2.05, 4.69) is 56.8 Å². The van der Waals surface area contributed by atoms with Crippen LogP contribution < -0.4 is 5.32 Å². The Morgan fingerprint density at radius 1 is 1.11 bits per heavy atom. The summed E-state index contributed by atoms with van der Waals surface area (Å²) in [4.78, 5) is 0. The molecule has 0 saturated heterocycles. The fourth-order valence-electron chi connectivity index (χ4n) is 2.86. The van der Waals surface area contributed by atoms with Gasteiger partial charge < -0.3 is 9.88 Å². The van der Waals surface area contributed by atoms with Gasteiger partial charge >= 0.3 is 0 Å². The van der Waals surface area contributed by atoms with E-state index in [0.29, 0.717) is 0 Å². The molecule has 2 nitrogen and oxygen atoms in total. The largest absolute Gasteiger partial charge is 0.347 e. The number of fused-ring (bicyclic) bond motifs is 1. The number of aromatic nitrogens is 1. The molecule has 2 aromatic rings. The Hall–Kier alpha value is -1.28. The lowest BCUT2D eigenvalue weighted by atomic mass is 10.0. The first kappa shape index (κ1) is 13.2. The smallest absolute Gasteiger partial charge is 0.0515 e. The molecule has 2 rings (SSSR count). The number of hydrogen-bond donors (Lipinski definition) is 1. The molecule has 0 atom stereocenters. The maximum Gasteiger partial charge on any atom is 0.0515 e. The number of benzene rings is 1. The van der Waals surface area contributed by atoms with Crippen molar-refractivity contribution in [3.63, 3.8) is 0 Å². The van der Waals surface area contributed by atoms with Crippen molar-refractivity contribution in [2.24, 2.45) is 7.05 Å². The Bertz CT molecular complexity index is 564. The molecule has 1 aromatic carbocycles. The van der Waals surface area contributed by atoms with Gasteiger partial charge in [-0.05, 0) is 57.0 Å². The van der Waals surface area contributed by atoms with Gasteiger partial charge in [-0.2, -0.15) is 0 Å². The molecule has 0 fully saturated rings. The molecular weight excluding hydrogens is 220 g/mol. The van der Waals surface area contributed by atoms with Crippen LogP contribution in [0.25, 0.3) is 10.9 Å². The third-order valence-corrected chi connectivity index (χ3v) is 3.97. The van der Waals surface area contributed by atoms with E-state index < -0.39 is 0 Å². The van der Waals surface area contributed by atoms with Gasteiger partial charge in [0.2, 0.25) is 0 Å². The Morgan fingerprint density at radius 2 is 1.78 bits per heavy atom. The molecule has 0 aliphatic heterocycles. The highest BCUT2D eigenvalue weighted by Gasteiger charge is 2.14. The summed E-state index contributed by atoms with van der Waals surface area (Å²) >= 11 is 0. The molecule has 1 N–H and O–H groups in total. The number of likely N-dealkylation sites (N-methyl/N-ethyl adjacent to an activating group) is 1. The summed E-state index contributed by atoms with van der Waals surface area (Å²) in [5.41, 5.74) is 7.08. The molecule has 0 aliphatic carbocycles. The summed E-state index contributed by atoms with van der Waals surface area (Å²) in [7, 11) is 2.18. The molecule has 0 saturated carbocycles. The molecule has 1 aromatic heterocycles. The van der Waals surface area contributed by atoms with Gasteiger partial charge in [0, 0.05) is 18.1 Å². The minimum atomic E-state index is 1.04. The molecule has 0 spiro atoms. The van der Waals surface area contributed by atoms with E-state index in [9.17, 15) is 0 Å². The van der Waals surface area contributed by atoms with Crippen LogP contribution in [0.2, 0.25) is 0 Å². The van der Waals surface area contributed by atoms with Gasteiger partial charge in [0.25, 0.3) is 0 Å². The third kappa shape index (κ3) is 2.05. The molecule has 18 heavy (non-hydrogen) atoms. The van der Waals surface area contributed by atoms with Crippen molar-refractivity contribution in [2.75, 3.05) is 13.1 Å². The second-order valence-corrected chi connectivity index (χ2v) is 5.15. The van der Waals surface area contributed by atoms with E-state index in [-0.39, 0.29) is 0 Å². The van der Waals surface area contributed by atoms with Crippen LogP contribution in [0.5, 0.6) is 0 Å². The monoisotopic (exact) mass is 244 g/mol. The summed E-state index contributed by atoms with van der Waals surface area (Å²) in [5.74, 6) is 0. The van der Waals surface area contributed by atoms with Gasteiger partial charge in [-0.3, -0.25) is 0 Å². The van der Waals surface area contributed by atoms with Crippen LogP contribution in [-0.2, 0) is 13.5 Å². The maximum atomic E-state index is 3.42. The zero-order valence-corrected chi connectivity index (χ0v) is 12.2. The summed E-state index contributed by atoms with van der Waals surface area (Å²) in [6.45, 7) is 10.9. The summed E-state index contributed by atoms with van der Waals surface area (Å²) in [6, 6.07) is 4.47. The summed E-state index contributed by atoms with van der Waals surface area (Å²) < 4.78 is 2.35. The molecule has 1 heterocycles. The minimum Gasteiger partial charge on any atom is -0.347 e. The minimum absolute atomic E-state index is 1.04. The Kier molecular flexibility index (Phi) is 3.76. The molecule has 0 radical (unpaired) electrons. The van der Waals surface area contributed by atoms with Crippen molar-refractivity contribution in [1.82, 2.24) is 9.88 Å².